The summed E-state index contributed by atoms with van der Waals surface area (Å²) < 4.78 is 0. The van der Waals surface area contributed by atoms with Crippen molar-refractivity contribution in [3.8, 4) is 11.8 Å². The normalized spacial score (nSPS) is 10.8. The van der Waals surface area contributed by atoms with Crippen LogP contribution in [0.1, 0.15) is 11.1 Å². The van der Waals surface area contributed by atoms with Gasteiger partial charge in [0.05, 0.1) is 4.92 Å². The third-order valence-electron chi connectivity index (χ3n) is 3.22. The van der Waals surface area contributed by atoms with Gasteiger partial charge in [0, 0.05) is 22.3 Å². The maximum Gasteiger partial charge on any atom is 0.312 e. The molecule has 0 saturated heterocycles. The lowest BCUT2D eigenvalue weighted by Gasteiger charge is -2.06. The van der Waals surface area contributed by atoms with E-state index in [-0.39, 0.29) is 16.2 Å². The number of rotatable bonds is 4. The van der Waals surface area contributed by atoms with E-state index in [2.05, 4.69) is 5.32 Å². The second-order valence-corrected chi connectivity index (χ2v) is 5.55. The smallest absolute Gasteiger partial charge is 0.312 e. The van der Waals surface area contributed by atoms with E-state index in [0.717, 1.165) is 17.7 Å². The minimum absolute atomic E-state index is 0.00729. The number of carbonyl (C=O) groups excluding carboxylic acids is 1. The minimum atomic E-state index is -0.808. The summed E-state index contributed by atoms with van der Waals surface area (Å²) in [5.74, 6) is -1.39. The molecule has 2 aromatic rings. The average Bonchev–Trinajstić information content (AvgIpc) is 2.54. The fourth-order valence-electron chi connectivity index (χ4n) is 2.08. The molecule has 0 heterocycles. The van der Waals surface area contributed by atoms with E-state index in [9.17, 15) is 25.3 Å². The van der Waals surface area contributed by atoms with Crippen molar-refractivity contribution in [1.29, 1.82) is 5.26 Å². The van der Waals surface area contributed by atoms with Gasteiger partial charge in [0.25, 0.3) is 5.91 Å². The number of hydrogen-bond donors (Lipinski definition) is 2. The zero-order valence-corrected chi connectivity index (χ0v) is 13.7. The molecule has 0 atom stereocenters. The number of halogens is 1. The molecule has 2 N–H and O–H groups in total. The third-order valence-corrected chi connectivity index (χ3v) is 3.44. The number of phenols is 1. The summed E-state index contributed by atoms with van der Waals surface area (Å²) in [6.45, 7) is 1.85. The van der Waals surface area contributed by atoms with Crippen molar-refractivity contribution in [2.45, 2.75) is 6.92 Å². The molecular formula is C17H12ClN3O4. The highest BCUT2D eigenvalue weighted by atomic mass is 35.5. The maximum absolute atomic E-state index is 12.2. The molecule has 0 aliphatic carbocycles. The van der Waals surface area contributed by atoms with Crippen LogP contribution in [0.4, 0.5) is 11.4 Å². The lowest BCUT2D eigenvalue weighted by atomic mass is 10.1. The first-order valence-corrected chi connectivity index (χ1v) is 7.36. The fourth-order valence-corrected chi connectivity index (χ4v) is 2.30. The van der Waals surface area contributed by atoms with Gasteiger partial charge < -0.3 is 10.4 Å². The molecule has 0 fully saturated rings. The Kier molecular flexibility index (Phi) is 5.37. The van der Waals surface area contributed by atoms with Gasteiger partial charge in [-0.2, -0.15) is 5.26 Å². The first-order valence-electron chi connectivity index (χ1n) is 6.98. The monoisotopic (exact) mass is 357 g/mol. The molecule has 0 spiro atoms. The van der Waals surface area contributed by atoms with Crippen molar-refractivity contribution >= 4 is 35.0 Å². The summed E-state index contributed by atoms with van der Waals surface area (Å²) in [5, 5.41) is 32.6. The summed E-state index contributed by atoms with van der Waals surface area (Å²) in [6, 6.07) is 10.9. The summed E-state index contributed by atoms with van der Waals surface area (Å²) in [5.41, 5.74) is 0.356. The first-order chi connectivity index (χ1) is 11.8. The minimum Gasteiger partial charge on any atom is -0.502 e. The first kappa shape index (κ1) is 18.0. The Bertz CT molecular complexity index is 932. The summed E-state index contributed by atoms with van der Waals surface area (Å²) in [6.07, 6.45) is 1.04. The molecule has 2 rings (SSSR count). The third kappa shape index (κ3) is 4.34. The topological polar surface area (TPSA) is 116 Å². The molecule has 0 aromatic heterocycles. The number of amides is 1. The summed E-state index contributed by atoms with van der Waals surface area (Å²) in [7, 11) is 0. The Morgan fingerprint density at radius 3 is 2.72 bits per heavy atom. The molecule has 0 saturated carbocycles. The molecule has 2 aromatic carbocycles. The molecule has 25 heavy (non-hydrogen) atoms. The maximum atomic E-state index is 12.2. The standard InChI is InChI=1S/C17H12ClN3O4/c1-10-3-2-4-14(5-10)20-17(23)12(9-19)6-11-7-13(18)8-15(16(11)22)21(24)25/h2-8,22H,1H3,(H,20,23)/b12-6-. The number of nitriles is 1. The quantitative estimate of drug-likeness (QED) is 0.373. The van der Waals surface area contributed by atoms with E-state index >= 15 is 0 Å². The highest BCUT2D eigenvalue weighted by molar-refractivity contribution is 6.31. The number of nitrogens with zero attached hydrogens (tertiary/aromatic N) is 2. The van der Waals surface area contributed by atoms with Crippen molar-refractivity contribution in [1.82, 2.24) is 0 Å². The van der Waals surface area contributed by atoms with Crippen molar-refractivity contribution in [2.75, 3.05) is 5.32 Å². The number of anilines is 1. The molecule has 126 valence electrons. The van der Waals surface area contributed by atoms with Gasteiger partial charge in [-0.15, -0.1) is 0 Å². The van der Waals surface area contributed by atoms with Crippen LogP contribution < -0.4 is 5.32 Å². The van der Waals surface area contributed by atoms with Crippen LogP contribution in [-0.2, 0) is 4.79 Å². The predicted molar refractivity (Wildman–Crippen MR) is 93.2 cm³/mol. The predicted octanol–water partition coefficient (Wildman–Crippen LogP) is 3.81. The molecule has 1 amide bonds. The number of nitro groups is 1. The number of nitro benzene ring substituents is 1. The number of nitrogens with one attached hydrogen (secondary N) is 1. The van der Waals surface area contributed by atoms with Gasteiger partial charge >= 0.3 is 5.69 Å². The molecule has 0 radical (unpaired) electrons. The molecule has 0 aliphatic heterocycles. The average molecular weight is 358 g/mol. The van der Waals surface area contributed by atoms with Gasteiger partial charge in [0.1, 0.15) is 11.6 Å². The van der Waals surface area contributed by atoms with E-state index < -0.39 is 22.3 Å². The highest BCUT2D eigenvalue weighted by Crippen LogP contribution is 2.34. The van der Waals surface area contributed by atoms with Gasteiger partial charge in [0.15, 0.2) is 0 Å². The Morgan fingerprint density at radius 1 is 1.40 bits per heavy atom. The zero-order chi connectivity index (χ0) is 18.6. The van der Waals surface area contributed by atoms with E-state index in [1.54, 1.807) is 24.3 Å². The van der Waals surface area contributed by atoms with Crippen LogP contribution in [0.5, 0.6) is 5.75 Å². The van der Waals surface area contributed by atoms with Crippen molar-refractivity contribution in [3.63, 3.8) is 0 Å². The van der Waals surface area contributed by atoms with E-state index in [4.69, 9.17) is 11.6 Å². The number of aromatic hydroxyl groups is 1. The van der Waals surface area contributed by atoms with E-state index in [1.807, 2.05) is 13.0 Å². The van der Waals surface area contributed by atoms with Gasteiger partial charge in [-0.05, 0) is 36.8 Å². The van der Waals surface area contributed by atoms with Crippen LogP contribution in [0.3, 0.4) is 0 Å². The molecule has 0 bridgehead atoms. The fraction of sp³-hybridized carbons (Fsp3) is 0.0588. The number of aryl methyl sites for hydroxylation is 1. The van der Waals surface area contributed by atoms with Crippen molar-refractivity contribution in [3.05, 3.63) is 68.2 Å². The van der Waals surface area contributed by atoms with Gasteiger partial charge in [0.2, 0.25) is 5.75 Å². The molecule has 7 nitrogen and oxygen atoms in total. The van der Waals surface area contributed by atoms with E-state index in [0.29, 0.717) is 5.69 Å². The Morgan fingerprint density at radius 2 is 2.12 bits per heavy atom. The Labute approximate surface area is 147 Å². The molecule has 0 unspecified atom stereocenters. The number of hydrogen-bond acceptors (Lipinski definition) is 5. The second kappa shape index (κ2) is 7.47. The SMILES string of the molecule is Cc1cccc(NC(=O)/C(C#N)=C\c2cc(Cl)cc([N+](=O)[O-])c2O)c1. The molecule has 0 aliphatic rings. The summed E-state index contributed by atoms with van der Waals surface area (Å²) in [4.78, 5) is 22.3. The van der Waals surface area contributed by atoms with Crippen LogP contribution in [0.2, 0.25) is 5.02 Å². The highest BCUT2D eigenvalue weighted by Gasteiger charge is 2.19. The van der Waals surface area contributed by atoms with Crippen molar-refractivity contribution in [2.24, 2.45) is 0 Å². The van der Waals surface area contributed by atoms with Gasteiger partial charge in [-0.1, -0.05) is 23.7 Å². The Hall–Kier alpha value is -3.37. The Balaban J connectivity index is 2.39. The zero-order valence-electron chi connectivity index (χ0n) is 13.0. The number of carbonyl (C=O) groups is 1. The van der Waals surface area contributed by atoms with Gasteiger partial charge in [-0.25, -0.2) is 0 Å². The van der Waals surface area contributed by atoms with E-state index in [1.165, 1.54) is 6.07 Å². The largest absolute Gasteiger partial charge is 0.502 e. The van der Waals surface area contributed by atoms with Gasteiger partial charge in [-0.3, -0.25) is 14.9 Å². The lowest BCUT2D eigenvalue weighted by Crippen LogP contribution is -2.13. The van der Waals surface area contributed by atoms with Crippen LogP contribution in [-0.4, -0.2) is 15.9 Å². The second-order valence-electron chi connectivity index (χ2n) is 5.11. The molecule has 8 heteroatoms. The number of benzene rings is 2. The lowest BCUT2D eigenvalue weighted by molar-refractivity contribution is -0.385. The van der Waals surface area contributed by atoms with Crippen LogP contribution in [0.25, 0.3) is 6.08 Å². The summed E-state index contributed by atoms with van der Waals surface area (Å²) >= 11 is 5.79. The van der Waals surface area contributed by atoms with Crippen LogP contribution >= 0.6 is 11.6 Å². The van der Waals surface area contributed by atoms with Crippen molar-refractivity contribution < 1.29 is 14.8 Å². The van der Waals surface area contributed by atoms with Crippen LogP contribution in [0.15, 0.2) is 42.0 Å². The van der Waals surface area contributed by atoms with Crippen LogP contribution in [0, 0.1) is 28.4 Å². The molecular weight excluding hydrogens is 346 g/mol. The number of phenolic OH excluding ortho intramolecular Hbond substituents is 1.